The maximum atomic E-state index is 11.9. The fraction of sp³-hybridized carbons (Fsp3) is 0.522. The van der Waals surface area contributed by atoms with Gasteiger partial charge in [-0.25, -0.2) is 0 Å². The molecule has 0 aromatic heterocycles. The molecule has 1 rings (SSSR count). The Morgan fingerprint density at radius 2 is 1.54 bits per heavy atom. The molecule has 1 aromatic rings. The van der Waals surface area contributed by atoms with Crippen molar-refractivity contribution < 1.29 is 49.3 Å². The van der Waals surface area contributed by atoms with Crippen LogP contribution in [0, 0.1) is 0 Å². The Morgan fingerprint density at radius 3 is 1.96 bits per heavy atom. The van der Waals surface area contributed by atoms with Crippen molar-refractivity contribution in [3.8, 4) is 11.5 Å². The Morgan fingerprint density at radius 1 is 1.00 bits per heavy atom. The van der Waals surface area contributed by atoms with Gasteiger partial charge in [0, 0.05) is 16.7 Å². The molecule has 1 aromatic carbocycles. The molecule has 0 aliphatic rings. The average Bonchev–Trinajstić information content (AvgIpc) is 2.58. The first kappa shape index (κ1) is 26.8. The number of ether oxygens (including phenoxy) is 1. The second-order valence-corrected chi connectivity index (χ2v) is 7.41. The first-order valence-corrected chi connectivity index (χ1v) is 9.66. The van der Waals surface area contributed by atoms with E-state index in [9.17, 15) is 15.0 Å². The van der Waals surface area contributed by atoms with Crippen molar-refractivity contribution in [2.75, 3.05) is 7.11 Å². The summed E-state index contributed by atoms with van der Waals surface area (Å²) < 4.78 is 5.67. The standard InChI is InChI=1S/C23H34O4.Na/c1-7-8-9-10-17-18(13-11-15(2)3)22(27-6)19(14-12-16(4)5)21(24)20(17)23(25)26;/h11-12,24H,7-10,13-14H2,1-6H3,(H,25,26);/q;+1/p-1. The van der Waals surface area contributed by atoms with Gasteiger partial charge in [-0.15, -0.1) is 0 Å². The Hall–Kier alpha value is -1.23. The fourth-order valence-electron chi connectivity index (χ4n) is 3.18. The van der Waals surface area contributed by atoms with Gasteiger partial charge >= 0.3 is 29.6 Å². The molecule has 28 heavy (non-hydrogen) atoms. The Balaban J connectivity index is 0.00000729. The van der Waals surface area contributed by atoms with E-state index in [1.807, 2.05) is 33.8 Å². The third-order valence-corrected chi connectivity index (χ3v) is 4.60. The summed E-state index contributed by atoms with van der Waals surface area (Å²) in [5.74, 6) is -0.977. The van der Waals surface area contributed by atoms with Crippen LogP contribution in [0.1, 0.15) is 80.9 Å². The second-order valence-electron chi connectivity index (χ2n) is 7.41. The molecule has 4 nitrogen and oxygen atoms in total. The molecule has 0 radical (unpaired) electrons. The zero-order chi connectivity index (χ0) is 20.6. The van der Waals surface area contributed by atoms with Gasteiger partial charge in [-0.1, -0.05) is 43.1 Å². The minimum atomic E-state index is -1.33. The minimum absolute atomic E-state index is 0. The second kappa shape index (κ2) is 13.1. The number of carboxylic acid groups (broad SMARTS) is 1. The minimum Gasteiger partial charge on any atom is -0.545 e. The molecule has 0 fully saturated rings. The number of carbonyl (C=O) groups is 1. The van der Waals surface area contributed by atoms with E-state index < -0.39 is 5.97 Å². The summed E-state index contributed by atoms with van der Waals surface area (Å²) in [4.78, 5) is 11.9. The van der Waals surface area contributed by atoms with Crippen molar-refractivity contribution in [1.82, 2.24) is 0 Å². The number of phenols is 1. The molecule has 0 atom stereocenters. The number of benzene rings is 1. The summed E-state index contributed by atoms with van der Waals surface area (Å²) in [6, 6.07) is 0. The Labute approximate surface area is 192 Å². The zero-order valence-electron chi connectivity index (χ0n) is 18.6. The van der Waals surface area contributed by atoms with Crippen molar-refractivity contribution in [1.29, 1.82) is 0 Å². The molecule has 1 N–H and O–H groups in total. The molecule has 0 amide bonds. The van der Waals surface area contributed by atoms with Crippen molar-refractivity contribution in [2.24, 2.45) is 0 Å². The van der Waals surface area contributed by atoms with Crippen molar-refractivity contribution >= 4 is 5.97 Å². The summed E-state index contributed by atoms with van der Waals surface area (Å²) in [6.07, 6.45) is 8.46. The Bertz CT molecular complexity index is 725. The summed E-state index contributed by atoms with van der Waals surface area (Å²) in [5, 5.41) is 22.7. The van der Waals surface area contributed by atoms with Gasteiger partial charge in [-0.05, 0) is 58.9 Å². The number of unbranched alkanes of at least 4 members (excludes halogenated alkanes) is 2. The van der Waals surface area contributed by atoms with Crippen LogP contribution in [0.2, 0.25) is 0 Å². The van der Waals surface area contributed by atoms with E-state index in [0.29, 0.717) is 36.1 Å². The van der Waals surface area contributed by atoms with Crippen molar-refractivity contribution in [2.45, 2.75) is 73.1 Å². The molecule has 0 saturated carbocycles. The van der Waals surface area contributed by atoms with Crippen LogP contribution in [0.3, 0.4) is 0 Å². The summed E-state index contributed by atoms with van der Waals surface area (Å²) >= 11 is 0. The van der Waals surface area contributed by atoms with Gasteiger partial charge in [0.15, 0.2) is 0 Å². The molecular formula is C23H33NaO4. The third-order valence-electron chi connectivity index (χ3n) is 4.60. The quantitative estimate of drug-likeness (QED) is 0.370. The maximum Gasteiger partial charge on any atom is 1.00 e. The van der Waals surface area contributed by atoms with Crippen LogP contribution in [0.25, 0.3) is 0 Å². The fourth-order valence-corrected chi connectivity index (χ4v) is 3.18. The number of rotatable bonds is 10. The monoisotopic (exact) mass is 396 g/mol. The predicted molar refractivity (Wildman–Crippen MR) is 108 cm³/mol. The third kappa shape index (κ3) is 7.31. The summed E-state index contributed by atoms with van der Waals surface area (Å²) in [7, 11) is 1.57. The Kier molecular flexibility index (Phi) is 12.5. The molecule has 0 aliphatic carbocycles. The molecular weight excluding hydrogens is 363 g/mol. The van der Waals surface area contributed by atoms with Crippen LogP contribution >= 0.6 is 0 Å². The smallest absolute Gasteiger partial charge is 0.545 e. The topological polar surface area (TPSA) is 69.6 Å². The van der Waals surface area contributed by atoms with Gasteiger partial charge in [0.25, 0.3) is 0 Å². The van der Waals surface area contributed by atoms with E-state index in [4.69, 9.17) is 4.74 Å². The molecule has 0 spiro atoms. The van der Waals surface area contributed by atoms with Crippen LogP contribution in [0.15, 0.2) is 23.3 Å². The van der Waals surface area contributed by atoms with Crippen LogP contribution < -0.4 is 39.4 Å². The van der Waals surface area contributed by atoms with Crippen molar-refractivity contribution in [3.05, 3.63) is 45.6 Å². The summed E-state index contributed by atoms with van der Waals surface area (Å²) in [5.41, 5.74) is 4.13. The number of carbonyl (C=O) groups excluding carboxylic acids is 1. The van der Waals surface area contributed by atoms with Gasteiger partial charge in [0.05, 0.1) is 13.1 Å². The van der Waals surface area contributed by atoms with Gasteiger partial charge in [-0.2, -0.15) is 0 Å². The molecule has 0 bridgehead atoms. The average molecular weight is 397 g/mol. The SMILES string of the molecule is CCCCCc1c(CC=C(C)C)c(OC)c(CC=C(C)C)c(O)c1C(=O)[O-].[Na+]. The zero-order valence-corrected chi connectivity index (χ0v) is 20.6. The van der Waals surface area contributed by atoms with Gasteiger partial charge in [0.1, 0.15) is 11.5 Å². The molecule has 5 heteroatoms. The van der Waals surface area contributed by atoms with E-state index in [2.05, 4.69) is 13.0 Å². The number of methoxy groups -OCH3 is 1. The number of allylic oxidation sites excluding steroid dienone is 4. The molecule has 150 valence electrons. The molecule has 0 aliphatic heterocycles. The van der Waals surface area contributed by atoms with E-state index in [1.54, 1.807) is 7.11 Å². The number of carboxylic acids is 1. The van der Waals surface area contributed by atoms with E-state index in [1.165, 1.54) is 0 Å². The molecule has 0 saturated heterocycles. The van der Waals surface area contributed by atoms with Gasteiger partial charge in [-0.3, -0.25) is 0 Å². The van der Waals surface area contributed by atoms with Crippen LogP contribution in [0.5, 0.6) is 11.5 Å². The van der Waals surface area contributed by atoms with Gasteiger partial charge in [0.2, 0.25) is 0 Å². The largest absolute Gasteiger partial charge is 1.00 e. The first-order valence-electron chi connectivity index (χ1n) is 9.66. The molecule has 0 heterocycles. The predicted octanol–water partition coefficient (Wildman–Crippen LogP) is 1.52. The number of hydrogen-bond acceptors (Lipinski definition) is 4. The number of aromatic carboxylic acids is 1. The van der Waals surface area contributed by atoms with E-state index in [-0.39, 0.29) is 40.9 Å². The number of aromatic hydroxyl groups is 1. The van der Waals surface area contributed by atoms with Crippen LogP contribution in [-0.4, -0.2) is 18.2 Å². The van der Waals surface area contributed by atoms with E-state index >= 15 is 0 Å². The van der Waals surface area contributed by atoms with E-state index in [0.717, 1.165) is 36.0 Å². The normalized spacial score (nSPS) is 10.1. The van der Waals surface area contributed by atoms with Crippen LogP contribution in [0.4, 0.5) is 0 Å². The number of hydrogen-bond donors (Lipinski definition) is 1. The van der Waals surface area contributed by atoms with Crippen LogP contribution in [-0.2, 0) is 19.3 Å². The maximum absolute atomic E-state index is 11.9. The first-order chi connectivity index (χ1) is 12.7. The van der Waals surface area contributed by atoms with Gasteiger partial charge < -0.3 is 19.7 Å². The summed E-state index contributed by atoms with van der Waals surface area (Å²) in [6.45, 7) is 10.0. The van der Waals surface area contributed by atoms with Crippen molar-refractivity contribution in [3.63, 3.8) is 0 Å². The molecule has 0 unspecified atom stereocenters.